The third kappa shape index (κ3) is 1.94. The fraction of sp³-hybridized carbons (Fsp3) is 0.455. The van der Waals surface area contributed by atoms with E-state index in [4.69, 9.17) is 0 Å². The Kier molecular flexibility index (Phi) is 2.29. The highest BCUT2D eigenvalue weighted by atomic mass is 19.1. The third-order valence-electron chi connectivity index (χ3n) is 2.57. The van der Waals surface area contributed by atoms with Crippen LogP contribution in [0.5, 0.6) is 0 Å². The molecule has 0 saturated carbocycles. The predicted octanol–water partition coefficient (Wildman–Crippen LogP) is 1.04. The second kappa shape index (κ2) is 3.33. The predicted molar refractivity (Wildman–Crippen MR) is 52.6 cm³/mol. The summed E-state index contributed by atoms with van der Waals surface area (Å²) in [4.78, 5) is 2.06. The van der Waals surface area contributed by atoms with Gasteiger partial charge in [-0.1, -0.05) is 12.1 Å². The number of likely N-dealkylation sites (N-methyl/N-ethyl adjacent to an activating group) is 1. The van der Waals surface area contributed by atoms with Gasteiger partial charge in [-0.25, -0.2) is 4.39 Å². The maximum absolute atomic E-state index is 12.6. The fourth-order valence-electron chi connectivity index (χ4n) is 2.05. The van der Waals surface area contributed by atoms with Crippen molar-refractivity contribution < 1.29 is 9.50 Å². The van der Waals surface area contributed by atoms with Crippen molar-refractivity contribution >= 4 is 0 Å². The largest absolute Gasteiger partial charge is 0.387 e. The Hall–Kier alpha value is -0.930. The van der Waals surface area contributed by atoms with Crippen LogP contribution in [0.15, 0.2) is 24.3 Å². The minimum atomic E-state index is -0.605. The molecule has 2 rings (SSSR count). The summed E-state index contributed by atoms with van der Waals surface area (Å²) in [5.41, 5.74) is 0.383. The summed E-state index contributed by atoms with van der Waals surface area (Å²) in [6.07, 6.45) is 0.609. The lowest BCUT2D eigenvalue weighted by Crippen LogP contribution is -2.61. The van der Waals surface area contributed by atoms with Crippen LogP contribution in [-0.2, 0) is 6.42 Å². The number of likely N-dealkylation sites (tertiary alicyclic amines) is 1. The Balaban J connectivity index is 2.01. The molecule has 1 aliphatic rings. The zero-order chi connectivity index (χ0) is 10.2. The van der Waals surface area contributed by atoms with Gasteiger partial charge in [0.15, 0.2) is 0 Å². The summed E-state index contributed by atoms with van der Waals surface area (Å²) in [5, 5.41) is 9.97. The van der Waals surface area contributed by atoms with Crippen molar-refractivity contribution in [3.05, 3.63) is 35.6 Å². The van der Waals surface area contributed by atoms with E-state index in [0.29, 0.717) is 19.5 Å². The van der Waals surface area contributed by atoms with E-state index in [1.165, 1.54) is 12.1 Å². The second-order valence-corrected chi connectivity index (χ2v) is 4.20. The topological polar surface area (TPSA) is 23.5 Å². The van der Waals surface area contributed by atoms with E-state index < -0.39 is 5.60 Å². The van der Waals surface area contributed by atoms with Crippen molar-refractivity contribution in [1.82, 2.24) is 4.90 Å². The molecule has 1 fully saturated rings. The highest BCUT2D eigenvalue weighted by Gasteiger charge is 2.38. The van der Waals surface area contributed by atoms with Crippen LogP contribution in [0, 0.1) is 5.82 Å². The molecule has 2 nitrogen and oxygen atoms in total. The quantitative estimate of drug-likeness (QED) is 0.762. The number of rotatable bonds is 2. The van der Waals surface area contributed by atoms with Gasteiger partial charge in [0.25, 0.3) is 0 Å². The maximum Gasteiger partial charge on any atom is 0.123 e. The van der Waals surface area contributed by atoms with Crippen molar-refractivity contribution in [3.63, 3.8) is 0 Å². The zero-order valence-electron chi connectivity index (χ0n) is 8.20. The number of benzene rings is 1. The van der Waals surface area contributed by atoms with Crippen LogP contribution in [0.25, 0.3) is 0 Å². The smallest absolute Gasteiger partial charge is 0.123 e. The number of hydrogen-bond acceptors (Lipinski definition) is 2. The van der Waals surface area contributed by atoms with Crippen LogP contribution in [0.4, 0.5) is 4.39 Å². The fourth-order valence-corrected chi connectivity index (χ4v) is 2.05. The Morgan fingerprint density at radius 3 is 2.43 bits per heavy atom. The van der Waals surface area contributed by atoms with E-state index in [-0.39, 0.29) is 5.82 Å². The first kappa shape index (κ1) is 9.62. The molecule has 0 atom stereocenters. The highest BCUT2D eigenvalue weighted by Crippen LogP contribution is 2.23. The summed E-state index contributed by atoms with van der Waals surface area (Å²) >= 11 is 0. The minimum absolute atomic E-state index is 0.230. The molecule has 1 heterocycles. The van der Waals surface area contributed by atoms with E-state index in [1.54, 1.807) is 12.1 Å². The van der Waals surface area contributed by atoms with Gasteiger partial charge in [0.05, 0.1) is 5.60 Å². The molecule has 1 N–H and O–H groups in total. The van der Waals surface area contributed by atoms with Gasteiger partial charge in [-0.3, -0.25) is 0 Å². The first-order chi connectivity index (χ1) is 6.57. The van der Waals surface area contributed by atoms with Crippen LogP contribution >= 0.6 is 0 Å². The summed E-state index contributed by atoms with van der Waals surface area (Å²) in [5.74, 6) is -0.230. The molecular formula is C11H14FNO. The van der Waals surface area contributed by atoms with Crippen LogP contribution < -0.4 is 0 Å². The van der Waals surface area contributed by atoms with Crippen molar-refractivity contribution in [3.8, 4) is 0 Å². The molecule has 0 amide bonds. The van der Waals surface area contributed by atoms with Gasteiger partial charge in [-0.15, -0.1) is 0 Å². The monoisotopic (exact) mass is 195 g/mol. The molecule has 0 unspecified atom stereocenters. The Bertz CT molecular complexity index is 317. The summed E-state index contributed by atoms with van der Waals surface area (Å²) in [6, 6.07) is 6.32. The molecule has 0 aromatic heterocycles. The highest BCUT2D eigenvalue weighted by molar-refractivity contribution is 5.19. The number of β-amino-alcohol motifs (C(OH)–C–C–N with tert-alkyl or cyclic N) is 1. The normalized spacial score (nSPS) is 20.5. The van der Waals surface area contributed by atoms with Crippen LogP contribution in [0.1, 0.15) is 5.56 Å². The average molecular weight is 195 g/mol. The van der Waals surface area contributed by atoms with Gasteiger partial charge in [0, 0.05) is 19.5 Å². The van der Waals surface area contributed by atoms with Crippen molar-refractivity contribution in [1.29, 1.82) is 0 Å². The lowest BCUT2D eigenvalue weighted by Gasteiger charge is -2.44. The molecule has 1 aromatic rings. The van der Waals surface area contributed by atoms with Gasteiger partial charge in [-0.2, -0.15) is 0 Å². The summed E-state index contributed by atoms with van der Waals surface area (Å²) in [6.45, 7) is 1.40. The molecule has 0 radical (unpaired) electrons. The van der Waals surface area contributed by atoms with E-state index in [9.17, 15) is 9.50 Å². The van der Waals surface area contributed by atoms with Crippen molar-refractivity contribution in [2.24, 2.45) is 0 Å². The standard InChI is InChI=1S/C11H14FNO/c1-13-7-11(14,8-13)6-9-2-4-10(12)5-3-9/h2-5,14H,6-8H2,1H3. The summed E-state index contributed by atoms with van der Waals surface area (Å²) in [7, 11) is 1.97. The average Bonchev–Trinajstić information content (AvgIpc) is 2.07. The van der Waals surface area contributed by atoms with Gasteiger partial charge >= 0.3 is 0 Å². The number of halogens is 1. The molecule has 0 spiro atoms. The van der Waals surface area contributed by atoms with Gasteiger partial charge < -0.3 is 10.0 Å². The maximum atomic E-state index is 12.6. The first-order valence-electron chi connectivity index (χ1n) is 4.73. The lowest BCUT2D eigenvalue weighted by atomic mass is 9.88. The van der Waals surface area contributed by atoms with Gasteiger partial charge in [0.2, 0.25) is 0 Å². The molecule has 1 saturated heterocycles. The van der Waals surface area contributed by atoms with Crippen LogP contribution in [0.2, 0.25) is 0 Å². The Labute approximate surface area is 83.0 Å². The number of aliphatic hydroxyl groups is 1. The van der Waals surface area contributed by atoms with E-state index in [1.807, 2.05) is 7.05 Å². The van der Waals surface area contributed by atoms with Gasteiger partial charge in [0.1, 0.15) is 5.82 Å². The van der Waals surface area contributed by atoms with Gasteiger partial charge in [-0.05, 0) is 24.7 Å². The molecule has 76 valence electrons. The Morgan fingerprint density at radius 1 is 1.36 bits per heavy atom. The molecule has 14 heavy (non-hydrogen) atoms. The van der Waals surface area contributed by atoms with E-state index in [0.717, 1.165) is 5.56 Å². The zero-order valence-corrected chi connectivity index (χ0v) is 8.20. The molecule has 0 aliphatic carbocycles. The summed E-state index contributed by atoms with van der Waals surface area (Å²) < 4.78 is 12.6. The SMILES string of the molecule is CN1CC(O)(Cc2ccc(F)cc2)C1. The van der Waals surface area contributed by atoms with E-state index in [2.05, 4.69) is 4.90 Å². The second-order valence-electron chi connectivity index (χ2n) is 4.20. The van der Waals surface area contributed by atoms with E-state index >= 15 is 0 Å². The third-order valence-corrected chi connectivity index (χ3v) is 2.57. The number of nitrogens with zero attached hydrogens (tertiary/aromatic N) is 1. The number of hydrogen-bond donors (Lipinski definition) is 1. The molecule has 0 bridgehead atoms. The Morgan fingerprint density at radius 2 is 1.93 bits per heavy atom. The van der Waals surface area contributed by atoms with Crippen LogP contribution in [0.3, 0.4) is 0 Å². The van der Waals surface area contributed by atoms with Crippen molar-refractivity contribution in [2.45, 2.75) is 12.0 Å². The molecule has 1 aliphatic heterocycles. The van der Waals surface area contributed by atoms with Crippen molar-refractivity contribution in [2.75, 3.05) is 20.1 Å². The molecular weight excluding hydrogens is 181 g/mol. The molecule has 3 heteroatoms. The van der Waals surface area contributed by atoms with Crippen LogP contribution in [-0.4, -0.2) is 35.7 Å². The first-order valence-corrected chi connectivity index (χ1v) is 4.73. The lowest BCUT2D eigenvalue weighted by molar-refractivity contribution is -0.0847. The molecule has 1 aromatic carbocycles. The minimum Gasteiger partial charge on any atom is -0.387 e.